The van der Waals surface area contributed by atoms with E-state index in [4.69, 9.17) is 14.6 Å². The van der Waals surface area contributed by atoms with Crippen LogP contribution in [0.2, 0.25) is 0 Å². The number of carbonyl (C=O) groups excluding carboxylic acids is 2. The van der Waals surface area contributed by atoms with Crippen LogP contribution in [0.5, 0.6) is 5.75 Å². The minimum atomic E-state index is -1.75. The molecule has 2 aromatic carbocycles. The molecule has 2 aromatic rings. The summed E-state index contributed by atoms with van der Waals surface area (Å²) in [6.45, 7) is 2.91. The van der Waals surface area contributed by atoms with E-state index < -0.39 is 17.4 Å². The smallest absolute Gasteiger partial charge is 0.414 e. The Bertz CT molecular complexity index is 1070. The van der Waals surface area contributed by atoms with Crippen molar-refractivity contribution in [3.8, 4) is 5.75 Å². The zero-order chi connectivity index (χ0) is 23.6. The second-order valence-corrected chi connectivity index (χ2v) is 8.20. The van der Waals surface area contributed by atoms with Crippen molar-refractivity contribution in [2.24, 2.45) is 5.92 Å². The van der Waals surface area contributed by atoms with Crippen LogP contribution in [-0.4, -0.2) is 49.1 Å². The van der Waals surface area contributed by atoms with Gasteiger partial charge < -0.3 is 24.6 Å². The second kappa shape index (κ2) is 9.25. The number of hydrogen-bond donors (Lipinski definition) is 2. The highest BCUT2D eigenvalue weighted by atomic mass is 16.6. The summed E-state index contributed by atoms with van der Waals surface area (Å²) >= 11 is 0. The fourth-order valence-corrected chi connectivity index (χ4v) is 4.32. The van der Waals surface area contributed by atoms with Crippen LogP contribution in [0.25, 0.3) is 0 Å². The van der Waals surface area contributed by atoms with Crippen molar-refractivity contribution in [1.29, 1.82) is 0 Å². The topological polar surface area (TPSA) is 99.5 Å². The molecule has 8 heteroatoms. The summed E-state index contributed by atoms with van der Waals surface area (Å²) in [4.78, 5) is 28.5. The van der Waals surface area contributed by atoms with Crippen LogP contribution >= 0.6 is 0 Å². The zero-order valence-corrected chi connectivity index (χ0v) is 18.7. The number of aliphatic hydroxyl groups is 2. The van der Waals surface area contributed by atoms with Gasteiger partial charge in [0.25, 0.3) is 5.91 Å². The summed E-state index contributed by atoms with van der Waals surface area (Å²) in [5.41, 5.74) is 0.949. The van der Waals surface area contributed by atoms with Crippen LogP contribution < -0.4 is 14.5 Å². The molecule has 0 unspecified atom stereocenters. The quantitative estimate of drug-likeness (QED) is 0.598. The molecule has 1 saturated heterocycles. The maximum Gasteiger partial charge on any atom is 0.414 e. The maximum atomic E-state index is 13.6. The van der Waals surface area contributed by atoms with Gasteiger partial charge in [0, 0.05) is 23.8 Å². The molecule has 0 bridgehead atoms. The Morgan fingerprint density at radius 3 is 2.61 bits per heavy atom. The minimum absolute atomic E-state index is 0.00270. The van der Waals surface area contributed by atoms with E-state index in [1.165, 1.54) is 7.11 Å². The summed E-state index contributed by atoms with van der Waals surface area (Å²) in [5.74, 6) is -0.384. The molecule has 0 aromatic heterocycles. The van der Waals surface area contributed by atoms with Gasteiger partial charge in [-0.05, 0) is 42.3 Å². The monoisotopic (exact) mass is 452 g/mol. The van der Waals surface area contributed by atoms with E-state index in [0.29, 0.717) is 36.6 Å². The normalized spacial score (nSPS) is 21.0. The predicted octanol–water partition coefficient (Wildman–Crippen LogP) is 2.96. The molecular formula is C25H28N2O6. The molecule has 2 heterocycles. The van der Waals surface area contributed by atoms with Gasteiger partial charge in [-0.1, -0.05) is 31.2 Å². The van der Waals surface area contributed by atoms with Crippen molar-refractivity contribution in [3.63, 3.8) is 0 Å². The lowest BCUT2D eigenvalue weighted by atomic mass is 9.83. The summed E-state index contributed by atoms with van der Waals surface area (Å²) in [5, 5.41) is 20.7. The first-order valence-corrected chi connectivity index (χ1v) is 10.9. The summed E-state index contributed by atoms with van der Waals surface area (Å²) in [6, 6.07) is 12.6. The summed E-state index contributed by atoms with van der Waals surface area (Å²) in [6.07, 6.45) is 3.60. The number of carbonyl (C=O) groups is 2. The van der Waals surface area contributed by atoms with Gasteiger partial charge in [0.1, 0.15) is 12.4 Å². The Kier molecular flexibility index (Phi) is 6.40. The highest BCUT2D eigenvalue weighted by Gasteiger charge is 2.52. The molecule has 1 fully saturated rings. The molecule has 8 nitrogen and oxygen atoms in total. The SMILES string of the molecule is COc1ccc2c(c1)[C@@](O)([C@H](C)/C=C/CCO)C(=O)N2Cc1ccc(N2CCOC2=O)cc1. The van der Waals surface area contributed by atoms with Crippen molar-refractivity contribution in [3.05, 3.63) is 65.7 Å². The first-order valence-electron chi connectivity index (χ1n) is 10.9. The molecule has 2 N–H and O–H groups in total. The van der Waals surface area contributed by atoms with Gasteiger partial charge in [0.2, 0.25) is 0 Å². The molecule has 0 spiro atoms. The lowest BCUT2D eigenvalue weighted by molar-refractivity contribution is -0.139. The Balaban J connectivity index is 1.64. The predicted molar refractivity (Wildman–Crippen MR) is 123 cm³/mol. The second-order valence-electron chi connectivity index (χ2n) is 8.20. The molecule has 0 saturated carbocycles. The Morgan fingerprint density at radius 1 is 1.21 bits per heavy atom. The van der Waals surface area contributed by atoms with Crippen molar-refractivity contribution in [2.45, 2.75) is 25.5 Å². The van der Waals surface area contributed by atoms with Crippen molar-refractivity contribution < 1.29 is 29.3 Å². The molecule has 2 aliphatic rings. The maximum absolute atomic E-state index is 13.6. The van der Waals surface area contributed by atoms with E-state index in [1.54, 1.807) is 47.1 Å². The van der Waals surface area contributed by atoms with E-state index >= 15 is 0 Å². The lowest BCUT2D eigenvalue weighted by Crippen LogP contribution is -2.44. The number of anilines is 2. The highest BCUT2D eigenvalue weighted by Crippen LogP contribution is 2.47. The van der Waals surface area contributed by atoms with E-state index in [9.17, 15) is 14.7 Å². The largest absolute Gasteiger partial charge is 0.497 e. The molecule has 2 atom stereocenters. The number of cyclic esters (lactones) is 1. The molecule has 2 aliphatic heterocycles. The average molecular weight is 453 g/mol. The van der Waals surface area contributed by atoms with E-state index in [0.717, 1.165) is 11.3 Å². The fraction of sp³-hybridized carbons (Fsp3) is 0.360. The number of rotatable bonds is 8. The van der Waals surface area contributed by atoms with Crippen LogP contribution in [0.3, 0.4) is 0 Å². The molecule has 0 aliphatic carbocycles. The highest BCUT2D eigenvalue weighted by molar-refractivity contribution is 6.07. The number of hydrogen-bond acceptors (Lipinski definition) is 6. The molecule has 33 heavy (non-hydrogen) atoms. The fourth-order valence-electron chi connectivity index (χ4n) is 4.32. The number of methoxy groups -OCH3 is 1. The van der Waals surface area contributed by atoms with Crippen LogP contribution in [0.4, 0.5) is 16.2 Å². The van der Waals surface area contributed by atoms with E-state index in [-0.39, 0.29) is 19.2 Å². The first-order chi connectivity index (χ1) is 15.9. The number of aliphatic hydroxyl groups excluding tert-OH is 1. The van der Waals surface area contributed by atoms with Gasteiger partial charge >= 0.3 is 6.09 Å². The Morgan fingerprint density at radius 2 is 1.97 bits per heavy atom. The third kappa shape index (κ3) is 4.07. The van der Waals surface area contributed by atoms with Crippen molar-refractivity contribution in [1.82, 2.24) is 0 Å². The molecule has 2 amide bonds. The van der Waals surface area contributed by atoms with Crippen LogP contribution in [-0.2, 0) is 21.7 Å². The zero-order valence-electron chi connectivity index (χ0n) is 18.7. The third-order valence-corrected chi connectivity index (χ3v) is 6.21. The van der Waals surface area contributed by atoms with E-state index in [2.05, 4.69) is 0 Å². The van der Waals surface area contributed by atoms with Crippen LogP contribution in [0, 0.1) is 5.92 Å². The number of fused-ring (bicyclic) bond motifs is 1. The summed E-state index contributed by atoms with van der Waals surface area (Å²) < 4.78 is 10.3. The molecular weight excluding hydrogens is 424 g/mol. The minimum Gasteiger partial charge on any atom is -0.497 e. The van der Waals surface area contributed by atoms with Gasteiger partial charge in [0.15, 0.2) is 5.60 Å². The molecule has 4 rings (SSSR count). The Labute approximate surface area is 192 Å². The standard InChI is InChI=1S/C25H28N2O6/c1-17(5-3-4-13-28)25(31)21-15-20(32-2)10-11-22(21)27(23(25)29)16-18-6-8-19(9-7-18)26-12-14-33-24(26)30/h3,5-11,15,17,28,31H,4,12-14,16H2,1-2H3/b5-3+/t17-,25+/m1/s1. The van der Waals surface area contributed by atoms with E-state index in [1.807, 2.05) is 24.3 Å². The van der Waals surface area contributed by atoms with Gasteiger partial charge in [0.05, 0.1) is 25.9 Å². The molecule has 0 radical (unpaired) electrons. The third-order valence-electron chi connectivity index (χ3n) is 6.21. The molecule has 174 valence electrons. The number of ether oxygens (including phenoxy) is 2. The number of benzene rings is 2. The Hall–Kier alpha value is -3.36. The van der Waals surface area contributed by atoms with Gasteiger partial charge in [-0.25, -0.2) is 4.79 Å². The first kappa shape index (κ1) is 22.8. The summed E-state index contributed by atoms with van der Waals surface area (Å²) in [7, 11) is 1.54. The number of nitrogens with zero attached hydrogens (tertiary/aromatic N) is 2. The average Bonchev–Trinajstić information content (AvgIpc) is 3.35. The van der Waals surface area contributed by atoms with Gasteiger partial charge in [-0.3, -0.25) is 9.69 Å². The van der Waals surface area contributed by atoms with Crippen LogP contribution in [0.15, 0.2) is 54.6 Å². The lowest BCUT2D eigenvalue weighted by Gasteiger charge is -2.28. The van der Waals surface area contributed by atoms with Gasteiger partial charge in [-0.2, -0.15) is 0 Å². The van der Waals surface area contributed by atoms with Crippen molar-refractivity contribution >= 4 is 23.4 Å². The van der Waals surface area contributed by atoms with Crippen LogP contribution in [0.1, 0.15) is 24.5 Å². The van der Waals surface area contributed by atoms with Crippen molar-refractivity contribution in [2.75, 3.05) is 36.7 Å². The number of amides is 2. The van der Waals surface area contributed by atoms with Gasteiger partial charge in [-0.15, -0.1) is 0 Å².